The Morgan fingerprint density at radius 1 is 0.966 bits per heavy atom. The molecular weight excluding hydrogens is 413 g/mol. The summed E-state index contributed by atoms with van der Waals surface area (Å²) in [5.41, 5.74) is -0.818. The number of halogens is 3. The second kappa shape index (κ2) is 7.68. The molecule has 0 spiro atoms. The highest BCUT2D eigenvalue weighted by Gasteiger charge is 2.52. The van der Waals surface area contributed by atoms with Crippen molar-refractivity contribution in [3.63, 3.8) is 0 Å². The largest absolute Gasteiger partial charge is 0.480 e. The number of ether oxygens (including phenoxy) is 2. The normalized spacial score (nSPS) is 16.9. The number of rotatable bonds is 5. The van der Waals surface area contributed by atoms with Crippen molar-refractivity contribution in [3.8, 4) is 11.5 Å². The minimum atomic E-state index is -4.46. The van der Waals surface area contributed by atoms with E-state index in [1.807, 2.05) is 0 Å². The van der Waals surface area contributed by atoms with Crippen molar-refractivity contribution in [1.29, 1.82) is 0 Å². The van der Waals surface area contributed by atoms with Gasteiger partial charge in [0.25, 0.3) is 0 Å². The zero-order valence-corrected chi connectivity index (χ0v) is 15.8. The summed E-state index contributed by atoms with van der Waals surface area (Å²) in [7, 11) is -4.19. The summed E-state index contributed by atoms with van der Waals surface area (Å²) in [5.74, 6) is -1.09. The average Bonchev–Trinajstić information content (AvgIpc) is 2.68. The SMILES string of the molecule is O=C(O)C1(S(=O)(=O)c2ccc(Oc3ccc(C(F)(F)F)cc3)cc2)CCOCC1. The lowest BCUT2D eigenvalue weighted by Gasteiger charge is -2.32. The molecule has 29 heavy (non-hydrogen) atoms. The molecule has 2 aromatic carbocycles. The van der Waals surface area contributed by atoms with Gasteiger partial charge < -0.3 is 14.6 Å². The molecule has 156 valence electrons. The van der Waals surface area contributed by atoms with E-state index in [1.165, 1.54) is 24.3 Å². The van der Waals surface area contributed by atoms with Gasteiger partial charge in [0.2, 0.25) is 0 Å². The second-order valence-electron chi connectivity index (χ2n) is 6.51. The van der Waals surface area contributed by atoms with E-state index in [1.54, 1.807) is 0 Å². The number of carboxylic acids is 1. The third-order valence-corrected chi connectivity index (χ3v) is 7.26. The molecule has 0 atom stereocenters. The monoisotopic (exact) mass is 430 g/mol. The number of alkyl halides is 3. The van der Waals surface area contributed by atoms with Crippen LogP contribution in [0.4, 0.5) is 13.2 Å². The van der Waals surface area contributed by atoms with E-state index in [2.05, 4.69) is 0 Å². The Labute approximate surface area is 164 Å². The Morgan fingerprint density at radius 3 is 1.90 bits per heavy atom. The molecule has 1 saturated heterocycles. The van der Waals surface area contributed by atoms with Crippen LogP contribution in [0.25, 0.3) is 0 Å². The fraction of sp³-hybridized carbons (Fsp3) is 0.316. The predicted octanol–water partition coefficient (Wildman–Crippen LogP) is 3.91. The summed E-state index contributed by atoms with van der Waals surface area (Å²) in [5, 5.41) is 9.58. The molecule has 0 aromatic heterocycles. The van der Waals surface area contributed by atoms with Gasteiger partial charge in [-0.3, -0.25) is 4.79 Å². The molecule has 1 aliphatic heterocycles. The smallest absolute Gasteiger partial charge is 0.416 e. The van der Waals surface area contributed by atoms with E-state index in [0.29, 0.717) is 0 Å². The highest BCUT2D eigenvalue weighted by molar-refractivity contribution is 7.93. The molecule has 0 amide bonds. The number of carboxylic acid groups (broad SMARTS) is 1. The van der Waals surface area contributed by atoms with Crippen molar-refractivity contribution in [3.05, 3.63) is 54.1 Å². The number of carbonyl (C=O) groups is 1. The van der Waals surface area contributed by atoms with Crippen LogP contribution in [0, 0.1) is 0 Å². The van der Waals surface area contributed by atoms with E-state index in [4.69, 9.17) is 9.47 Å². The van der Waals surface area contributed by atoms with Gasteiger partial charge in [0.15, 0.2) is 14.6 Å². The van der Waals surface area contributed by atoms with E-state index in [0.717, 1.165) is 24.3 Å². The molecule has 1 aliphatic rings. The first kappa shape index (κ1) is 21.1. The van der Waals surface area contributed by atoms with Gasteiger partial charge in [-0.05, 0) is 48.5 Å². The van der Waals surface area contributed by atoms with Crippen LogP contribution in [0.2, 0.25) is 0 Å². The van der Waals surface area contributed by atoms with Crippen molar-refractivity contribution in [2.45, 2.75) is 28.7 Å². The first-order valence-electron chi connectivity index (χ1n) is 8.57. The van der Waals surface area contributed by atoms with Crippen molar-refractivity contribution >= 4 is 15.8 Å². The number of hydrogen-bond acceptors (Lipinski definition) is 5. The van der Waals surface area contributed by atoms with Crippen LogP contribution in [-0.4, -0.2) is 37.5 Å². The number of sulfone groups is 1. The molecule has 3 rings (SSSR count). The van der Waals surface area contributed by atoms with E-state index < -0.39 is 32.3 Å². The van der Waals surface area contributed by atoms with Gasteiger partial charge in [-0.2, -0.15) is 13.2 Å². The molecule has 0 saturated carbocycles. The molecule has 10 heteroatoms. The van der Waals surface area contributed by atoms with Crippen LogP contribution < -0.4 is 4.74 Å². The minimum Gasteiger partial charge on any atom is -0.480 e. The number of aliphatic carboxylic acids is 1. The van der Waals surface area contributed by atoms with Gasteiger partial charge in [-0.25, -0.2) is 8.42 Å². The molecule has 1 heterocycles. The van der Waals surface area contributed by atoms with Crippen molar-refractivity contribution in [1.82, 2.24) is 0 Å². The zero-order valence-electron chi connectivity index (χ0n) is 15.0. The van der Waals surface area contributed by atoms with Crippen LogP contribution in [0.5, 0.6) is 11.5 Å². The summed E-state index contributed by atoms with van der Waals surface area (Å²) in [6, 6.07) is 9.11. The Bertz CT molecular complexity index is 976. The highest BCUT2D eigenvalue weighted by Crippen LogP contribution is 2.36. The van der Waals surface area contributed by atoms with Gasteiger partial charge in [0.1, 0.15) is 11.5 Å². The lowest BCUT2D eigenvalue weighted by molar-refractivity contribution is -0.142. The van der Waals surface area contributed by atoms with E-state index in [9.17, 15) is 31.5 Å². The molecule has 6 nitrogen and oxygen atoms in total. The zero-order chi connectivity index (χ0) is 21.3. The summed E-state index contributed by atoms with van der Waals surface area (Å²) in [6.07, 6.45) is -4.78. The van der Waals surface area contributed by atoms with Crippen LogP contribution in [0.1, 0.15) is 18.4 Å². The van der Waals surface area contributed by atoms with E-state index in [-0.39, 0.29) is 42.4 Å². The maximum atomic E-state index is 13.0. The number of hydrogen-bond donors (Lipinski definition) is 1. The third kappa shape index (κ3) is 4.08. The summed E-state index contributed by atoms with van der Waals surface area (Å²) in [4.78, 5) is 11.6. The highest BCUT2D eigenvalue weighted by atomic mass is 32.2. The van der Waals surface area contributed by atoms with Crippen LogP contribution in [0.15, 0.2) is 53.4 Å². The molecule has 0 bridgehead atoms. The molecule has 0 aliphatic carbocycles. The lowest BCUT2D eigenvalue weighted by atomic mass is 9.99. The molecule has 0 unspecified atom stereocenters. The Balaban J connectivity index is 1.81. The third-order valence-electron chi connectivity index (χ3n) is 4.76. The maximum absolute atomic E-state index is 13.0. The lowest BCUT2D eigenvalue weighted by Crippen LogP contribution is -2.50. The van der Waals surface area contributed by atoms with E-state index >= 15 is 0 Å². The van der Waals surface area contributed by atoms with Crippen LogP contribution in [0.3, 0.4) is 0 Å². The first-order valence-corrected chi connectivity index (χ1v) is 10.1. The summed E-state index contributed by atoms with van der Waals surface area (Å²) >= 11 is 0. The van der Waals surface area contributed by atoms with Gasteiger partial charge >= 0.3 is 12.1 Å². The predicted molar refractivity (Wildman–Crippen MR) is 95.6 cm³/mol. The molecule has 1 N–H and O–H groups in total. The minimum absolute atomic E-state index is 0.0284. The maximum Gasteiger partial charge on any atom is 0.416 e. The van der Waals surface area contributed by atoms with Gasteiger partial charge in [-0.1, -0.05) is 0 Å². The first-order chi connectivity index (χ1) is 13.6. The number of benzene rings is 2. The Kier molecular flexibility index (Phi) is 5.59. The fourth-order valence-electron chi connectivity index (χ4n) is 3.06. The van der Waals surface area contributed by atoms with Crippen molar-refractivity contribution in [2.75, 3.05) is 13.2 Å². The molecular formula is C19H17F3O6S. The quantitative estimate of drug-likeness (QED) is 0.774. The Morgan fingerprint density at radius 2 is 1.45 bits per heavy atom. The van der Waals surface area contributed by atoms with Crippen LogP contribution >= 0.6 is 0 Å². The van der Waals surface area contributed by atoms with Gasteiger partial charge in [-0.15, -0.1) is 0 Å². The average molecular weight is 430 g/mol. The van der Waals surface area contributed by atoms with Crippen LogP contribution in [-0.2, 0) is 25.5 Å². The van der Waals surface area contributed by atoms with Crippen molar-refractivity contribution < 1.29 is 41.0 Å². The standard InChI is InChI=1S/C19H17F3O6S/c20-19(21,22)13-1-3-14(4-2-13)28-15-5-7-16(8-6-15)29(25,26)18(17(23)24)9-11-27-12-10-18/h1-8H,9-12H2,(H,23,24). The molecule has 2 aromatic rings. The second-order valence-corrected chi connectivity index (χ2v) is 8.77. The fourth-order valence-corrected chi connectivity index (χ4v) is 4.94. The molecule has 0 radical (unpaired) electrons. The van der Waals surface area contributed by atoms with Gasteiger partial charge in [0, 0.05) is 26.1 Å². The van der Waals surface area contributed by atoms with Crippen molar-refractivity contribution in [2.24, 2.45) is 0 Å². The topological polar surface area (TPSA) is 89.9 Å². The Hall–Kier alpha value is -2.59. The summed E-state index contributed by atoms with van der Waals surface area (Å²) < 4.78 is 72.3. The van der Waals surface area contributed by atoms with Gasteiger partial charge in [0.05, 0.1) is 10.5 Å². The molecule has 1 fully saturated rings. The summed E-state index contributed by atoms with van der Waals surface area (Å²) in [6.45, 7) is 0.0568.